The lowest BCUT2D eigenvalue weighted by atomic mass is 9.43. The molecule has 5 atom stereocenters. The van der Waals surface area contributed by atoms with E-state index in [0.717, 1.165) is 25.1 Å². The average Bonchev–Trinajstić information content (AvgIpc) is 2.94. The molecular weight excluding hydrogens is 279 g/mol. The van der Waals surface area contributed by atoms with Gasteiger partial charge in [0.05, 0.1) is 24.4 Å². The molecule has 0 N–H and O–H groups in total. The summed E-state index contributed by atoms with van der Waals surface area (Å²) >= 11 is 0. The third-order valence-corrected chi connectivity index (χ3v) is 6.79. The standard InChI is InChI=1S/C17H29BO4/c1-15(2)11-8-13(15)17(5)14(9-11)21-18(22-17)7-6-12-10-19-16(3,4)20-12/h11-14H,6-10H2,1-5H3/t11-,12?,13-,14+,17-/m0/s1. The van der Waals surface area contributed by atoms with Gasteiger partial charge in [-0.05, 0) is 63.6 Å². The van der Waals surface area contributed by atoms with Gasteiger partial charge in [-0.15, -0.1) is 0 Å². The molecule has 2 bridgehead atoms. The van der Waals surface area contributed by atoms with Crippen LogP contribution in [0.5, 0.6) is 0 Å². The Labute approximate surface area is 134 Å². The Kier molecular flexibility index (Phi) is 3.31. The first-order valence-electron chi connectivity index (χ1n) is 8.86. The van der Waals surface area contributed by atoms with Crippen LogP contribution in [0.1, 0.15) is 53.9 Å². The SMILES string of the molecule is CC1(C)OCC(CCB2O[C@@H]3C[C@@H]4C[C@@H](C4(C)C)[C@]3(C)O2)O1. The van der Waals surface area contributed by atoms with E-state index in [9.17, 15) is 0 Å². The largest absolute Gasteiger partial charge is 0.457 e. The van der Waals surface area contributed by atoms with Gasteiger partial charge in [-0.3, -0.25) is 0 Å². The normalized spacial score (nSPS) is 48.1. The van der Waals surface area contributed by atoms with Crippen molar-refractivity contribution in [3.05, 3.63) is 0 Å². The molecule has 1 unspecified atom stereocenters. The van der Waals surface area contributed by atoms with Crippen molar-refractivity contribution in [1.82, 2.24) is 0 Å². The predicted octanol–water partition coefficient (Wildman–Crippen LogP) is 3.26. The number of hydrogen-bond donors (Lipinski definition) is 0. The Hall–Kier alpha value is -0.0951. The van der Waals surface area contributed by atoms with E-state index in [2.05, 4.69) is 20.8 Å². The summed E-state index contributed by atoms with van der Waals surface area (Å²) in [6.07, 6.45) is 4.76. The van der Waals surface area contributed by atoms with E-state index in [1.54, 1.807) is 0 Å². The summed E-state index contributed by atoms with van der Waals surface area (Å²) < 4.78 is 24.2. The van der Waals surface area contributed by atoms with Gasteiger partial charge in [-0.1, -0.05) is 13.8 Å². The third-order valence-electron chi connectivity index (χ3n) is 6.79. The summed E-state index contributed by atoms with van der Waals surface area (Å²) in [7, 11) is -0.0718. The molecule has 4 nitrogen and oxygen atoms in total. The molecule has 5 rings (SSSR count). The minimum Gasteiger partial charge on any atom is -0.405 e. The fraction of sp³-hybridized carbons (Fsp3) is 1.00. The lowest BCUT2D eigenvalue weighted by Crippen LogP contribution is -2.65. The molecule has 0 aromatic carbocycles. The Morgan fingerprint density at radius 3 is 2.50 bits per heavy atom. The molecule has 5 fully saturated rings. The molecule has 2 aliphatic heterocycles. The van der Waals surface area contributed by atoms with Gasteiger partial charge in [0.15, 0.2) is 5.79 Å². The minimum atomic E-state index is -0.437. The summed E-state index contributed by atoms with van der Waals surface area (Å²) in [6, 6.07) is 0. The maximum absolute atomic E-state index is 6.43. The number of rotatable bonds is 3. The van der Waals surface area contributed by atoms with Crippen molar-refractivity contribution in [3.63, 3.8) is 0 Å². The first kappa shape index (κ1) is 15.4. The Morgan fingerprint density at radius 2 is 1.86 bits per heavy atom. The van der Waals surface area contributed by atoms with Gasteiger partial charge in [0.25, 0.3) is 0 Å². The van der Waals surface area contributed by atoms with Crippen LogP contribution in [0.4, 0.5) is 0 Å². The molecule has 0 aromatic heterocycles. The zero-order valence-electron chi connectivity index (χ0n) is 14.6. The molecule has 22 heavy (non-hydrogen) atoms. The Balaban J connectivity index is 1.35. The van der Waals surface area contributed by atoms with E-state index in [1.165, 1.54) is 6.42 Å². The molecular formula is C17H29BO4. The van der Waals surface area contributed by atoms with Crippen LogP contribution < -0.4 is 0 Å². The molecule has 124 valence electrons. The fourth-order valence-corrected chi connectivity index (χ4v) is 5.30. The molecule has 0 amide bonds. The monoisotopic (exact) mass is 308 g/mol. The molecule has 2 heterocycles. The van der Waals surface area contributed by atoms with Crippen LogP contribution in [0.2, 0.25) is 6.32 Å². The number of ether oxygens (including phenoxy) is 2. The van der Waals surface area contributed by atoms with E-state index in [1.807, 2.05) is 13.8 Å². The van der Waals surface area contributed by atoms with Crippen molar-refractivity contribution in [2.75, 3.05) is 6.61 Å². The van der Waals surface area contributed by atoms with E-state index in [4.69, 9.17) is 18.8 Å². The van der Waals surface area contributed by atoms with Crippen molar-refractivity contribution in [1.29, 1.82) is 0 Å². The van der Waals surface area contributed by atoms with Crippen molar-refractivity contribution >= 4 is 7.12 Å². The third kappa shape index (κ3) is 2.20. The van der Waals surface area contributed by atoms with Gasteiger partial charge >= 0.3 is 7.12 Å². The van der Waals surface area contributed by atoms with Gasteiger partial charge in [-0.25, -0.2) is 0 Å². The summed E-state index contributed by atoms with van der Waals surface area (Å²) in [5.41, 5.74) is 0.325. The van der Waals surface area contributed by atoms with Crippen LogP contribution in [-0.2, 0) is 18.8 Å². The van der Waals surface area contributed by atoms with Crippen LogP contribution in [0, 0.1) is 17.3 Å². The first-order chi connectivity index (χ1) is 10.2. The molecule has 0 spiro atoms. The van der Waals surface area contributed by atoms with E-state index in [0.29, 0.717) is 17.9 Å². The molecule has 2 saturated heterocycles. The average molecular weight is 308 g/mol. The van der Waals surface area contributed by atoms with Crippen LogP contribution in [-0.4, -0.2) is 37.3 Å². The molecule has 0 radical (unpaired) electrons. The van der Waals surface area contributed by atoms with E-state index in [-0.39, 0.29) is 24.9 Å². The van der Waals surface area contributed by atoms with Crippen molar-refractivity contribution in [2.45, 2.75) is 83.8 Å². The van der Waals surface area contributed by atoms with Gasteiger partial charge in [0.2, 0.25) is 0 Å². The highest BCUT2D eigenvalue weighted by molar-refractivity contribution is 6.45. The van der Waals surface area contributed by atoms with Crippen LogP contribution in [0.3, 0.4) is 0 Å². The highest BCUT2D eigenvalue weighted by Crippen LogP contribution is 2.65. The molecule has 5 heteroatoms. The van der Waals surface area contributed by atoms with Gasteiger partial charge in [0.1, 0.15) is 0 Å². The summed E-state index contributed by atoms with van der Waals surface area (Å²) in [5.74, 6) is 1.01. The van der Waals surface area contributed by atoms with Gasteiger partial charge in [-0.2, -0.15) is 0 Å². The van der Waals surface area contributed by atoms with Crippen LogP contribution in [0.25, 0.3) is 0 Å². The van der Waals surface area contributed by atoms with E-state index < -0.39 is 5.79 Å². The molecule has 5 aliphatic rings. The predicted molar refractivity (Wildman–Crippen MR) is 84.4 cm³/mol. The first-order valence-corrected chi connectivity index (χ1v) is 8.86. The highest BCUT2D eigenvalue weighted by atomic mass is 16.7. The zero-order valence-corrected chi connectivity index (χ0v) is 14.6. The minimum absolute atomic E-state index is 0.0718. The maximum Gasteiger partial charge on any atom is 0.457 e. The summed E-state index contributed by atoms with van der Waals surface area (Å²) in [6.45, 7) is 11.7. The van der Waals surface area contributed by atoms with Crippen LogP contribution >= 0.6 is 0 Å². The fourth-order valence-electron chi connectivity index (χ4n) is 5.30. The Bertz CT molecular complexity index is 466. The topological polar surface area (TPSA) is 36.9 Å². The van der Waals surface area contributed by atoms with Crippen molar-refractivity contribution in [2.24, 2.45) is 17.3 Å². The molecule has 3 aliphatic carbocycles. The van der Waals surface area contributed by atoms with Crippen molar-refractivity contribution in [3.8, 4) is 0 Å². The molecule has 0 aromatic rings. The quantitative estimate of drug-likeness (QED) is 0.750. The zero-order chi connectivity index (χ0) is 15.8. The molecule has 3 saturated carbocycles. The second-order valence-electron chi connectivity index (χ2n) is 8.93. The Morgan fingerprint density at radius 1 is 1.09 bits per heavy atom. The smallest absolute Gasteiger partial charge is 0.405 e. The summed E-state index contributed by atoms with van der Waals surface area (Å²) in [4.78, 5) is 0. The van der Waals surface area contributed by atoms with Crippen molar-refractivity contribution < 1.29 is 18.8 Å². The highest BCUT2D eigenvalue weighted by Gasteiger charge is 2.67. The lowest BCUT2D eigenvalue weighted by molar-refractivity contribution is -0.199. The second-order valence-corrected chi connectivity index (χ2v) is 8.93. The van der Waals surface area contributed by atoms with Crippen LogP contribution in [0.15, 0.2) is 0 Å². The maximum atomic E-state index is 6.43. The lowest BCUT2D eigenvalue weighted by Gasteiger charge is -2.64. The van der Waals surface area contributed by atoms with E-state index >= 15 is 0 Å². The second kappa shape index (κ2) is 4.72. The van der Waals surface area contributed by atoms with Gasteiger partial charge in [0, 0.05) is 0 Å². The van der Waals surface area contributed by atoms with Gasteiger partial charge < -0.3 is 18.8 Å². The number of hydrogen-bond acceptors (Lipinski definition) is 4. The summed E-state index contributed by atoms with van der Waals surface area (Å²) in [5, 5.41) is 0.